The Morgan fingerprint density at radius 1 is 1.33 bits per heavy atom. The molecule has 2 aromatic rings. The van der Waals surface area contributed by atoms with Gasteiger partial charge in [-0.05, 0) is 25.8 Å². The van der Waals surface area contributed by atoms with E-state index >= 15 is 0 Å². The molecule has 1 aliphatic heterocycles. The first-order valence-electron chi connectivity index (χ1n) is 7.39. The first-order valence-corrected chi connectivity index (χ1v) is 7.39. The lowest BCUT2D eigenvalue weighted by Crippen LogP contribution is -2.30. The van der Waals surface area contributed by atoms with Crippen molar-refractivity contribution >= 4 is 5.91 Å². The van der Waals surface area contributed by atoms with Crippen LogP contribution in [0, 0.1) is 13.8 Å². The lowest BCUT2D eigenvalue weighted by molar-refractivity contribution is -0.129. The number of carbonyl (C=O) groups is 1. The predicted molar refractivity (Wildman–Crippen MR) is 80.1 cm³/mol. The smallest absolute Gasteiger partial charge is 0.227 e. The fourth-order valence-corrected chi connectivity index (χ4v) is 3.00. The number of benzene rings is 1. The van der Waals surface area contributed by atoms with Gasteiger partial charge in [-0.1, -0.05) is 35.5 Å². The number of rotatable bonds is 3. The average molecular weight is 284 g/mol. The summed E-state index contributed by atoms with van der Waals surface area (Å²) in [5.74, 6) is 1.38. The second-order valence-corrected chi connectivity index (χ2v) is 5.72. The van der Waals surface area contributed by atoms with E-state index in [2.05, 4.69) is 29.4 Å². The van der Waals surface area contributed by atoms with Gasteiger partial charge in [0.05, 0.1) is 12.1 Å². The van der Waals surface area contributed by atoms with Crippen molar-refractivity contribution in [1.29, 1.82) is 0 Å². The largest absolute Gasteiger partial charge is 0.361 e. The Morgan fingerprint density at radius 2 is 2.10 bits per heavy atom. The second-order valence-electron chi connectivity index (χ2n) is 5.72. The predicted octanol–water partition coefficient (Wildman–Crippen LogP) is 2.85. The van der Waals surface area contributed by atoms with Gasteiger partial charge >= 0.3 is 0 Å². The third kappa shape index (κ3) is 2.84. The van der Waals surface area contributed by atoms with Gasteiger partial charge < -0.3 is 9.42 Å². The van der Waals surface area contributed by atoms with E-state index in [-0.39, 0.29) is 5.91 Å². The van der Waals surface area contributed by atoms with Crippen molar-refractivity contribution in [3.63, 3.8) is 0 Å². The molecule has 4 heteroatoms. The summed E-state index contributed by atoms with van der Waals surface area (Å²) in [4.78, 5) is 14.4. The Bertz CT molecular complexity index is 614. The molecule has 0 N–H and O–H groups in total. The van der Waals surface area contributed by atoms with E-state index in [9.17, 15) is 4.79 Å². The molecule has 1 aromatic heterocycles. The molecule has 0 radical (unpaired) electrons. The van der Waals surface area contributed by atoms with Crippen molar-refractivity contribution in [2.24, 2.45) is 0 Å². The van der Waals surface area contributed by atoms with Crippen molar-refractivity contribution in [3.05, 3.63) is 52.9 Å². The first-order chi connectivity index (χ1) is 10.1. The van der Waals surface area contributed by atoms with Crippen LogP contribution in [0.25, 0.3) is 0 Å². The van der Waals surface area contributed by atoms with E-state index in [1.165, 1.54) is 5.56 Å². The topological polar surface area (TPSA) is 46.3 Å². The van der Waals surface area contributed by atoms with Crippen molar-refractivity contribution in [1.82, 2.24) is 10.1 Å². The molecule has 0 bridgehead atoms. The molecular weight excluding hydrogens is 264 g/mol. The van der Waals surface area contributed by atoms with Gasteiger partial charge in [-0.2, -0.15) is 0 Å². The molecule has 0 spiro atoms. The number of likely N-dealkylation sites (tertiary alicyclic amines) is 1. The second kappa shape index (κ2) is 5.72. The third-order valence-electron chi connectivity index (χ3n) is 4.32. The van der Waals surface area contributed by atoms with Crippen LogP contribution in [0.2, 0.25) is 0 Å². The molecule has 1 unspecified atom stereocenters. The zero-order valence-corrected chi connectivity index (χ0v) is 12.5. The summed E-state index contributed by atoms with van der Waals surface area (Å²) in [5.41, 5.74) is 3.08. The highest BCUT2D eigenvalue weighted by Gasteiger charge is 2.28. The quantitative estimate of drug-likeness (QED) is 0.870. The van der Waals surface area contributed by atoms with Gasteiger partial charge in [-0.3, -0.25) is 4.79 Å². The summed E-state index contributed by atoms with van der Waals surface area (Å²) in [6.07, 6.45) is 1.43. The van der Waals surface area contributed by atoms with Gasteiger partial charge in [-0.15, -0.1) is 0 Å². The maximum atomic E-state index is 12.5. The van der Waals surface area contributed by atoms with Crippen LogP contribution in [-0.4, -0.2) is 29.1 Å². The van der Waals surface area contributed by atoms with E-state index in [1.54, 1.807) is 0 Å². The minimum absolute atomic E-state index is 0.169. The lowest BCUT2D eigenvalue weighted by atomic mass is 9.99. The number of hydrogen-bond donors (Lipinski definition) is 0. The standard InChI is InChI=1S/C17H20N2O2/c1-12-16(13(2)21-18-12)10-17(20)19-9-8-15(11-19)14-6-4-3-5-7-14/h3-7,15H,8-11H2,1-2H3. The maximum Gasteiger partial charge on any atom is 0.227 e. The Hall–Kier alpha value is -2.10. The van der Waals surface area contributed by atoms with Gasteiger partial charge in [-0.25, -0.2) is 0 Å². The highest BCUT2D eigenvalue weighted by atomic mass is 16.5. The Labute approximate surface area is 124 Å². The van der Waals surface area contributed by atoms with Crippen LogP contribution in [0.1, 0.15) is 34.9 Å². The molecule has 1 saturated heterocycles. The van der Waals surface area contributed by atoms with Crippen LogP contribution < -0.4 is 0 Å². The molecule has 1 aromatic carbocycles. The number of nitrogens with zero attached hydrogens (tertiary/aromatic N) is 2. The molecule has 21 heavy (non-hydrogen) atoms. The number of carbonyl (C=O) groups excluding carboxylic acids is 1. The zero-order valence-electron chi connectivity index (χ0n) is 12.5. The first kappa shape index (κ1) is 13.9. The minimum Gasteiger partial charge on any atom is -0.361 e. The fourth-order valence-electron chi connectivity index (χ4n) is 3.00. The van der Waals surface area contributed by atoms with Crippen LogP contribution in [0.5, 0.6) is 0 Å². The highest BCUT2D eigenvalue weighted by molar-refractivity contribution is 5.79. The summed E-state index contributed by atoms with van der Waals surface area (Å²) in [7, 11) is 0. The number of hydrogen-bond acceptors (Lipinski definition) is 3. The zero-order chi connectivity index (χ0) is 14.8. The van der Waals surface area contributed by atoms with Gasteiger partial charge in [0.1, 0.15) is 5.76 Å². The molecule has 0 aliphatic carbocycles. The molecule has 0 saturated carbocycles. The lowest BCUT2D eigenvalue weighted by Gasteiger charge is -2.16. The molecule has 1 amide bonds. The normalized spacial score (nSPS) is 18.2. The highest BCUT2D eigenvalue weighted by Crippen LogP contribution is 2.27. The number of aromatic nitrogens is 1. The van der Waals surface area contributed by atoms with Crippen LogP contribution in [-0.2, 0) is 11.2 Å². The van der Waals surface area contributed by atoms with Crippen molar-refractivity contribution in [2.45, 2.75) is 32.6 Å². The third-order valence-corrected chi connectivity index (χ3v) is 4.32. The van der Waals surface area contributed by atoms with Crippen LogP contribution in [0.15, 0.2) is 34.9 Å². The molecule has 4 nitrogen and oxygen atoms in total. The van der Waals surface area contributed by atoms with Gasteiger partial charge in [0.25, 0.3) is 0 Å². The molecule has 1 aliphatic rings. The summed E-state index contributed by atoms with van der Waals surface area (Å²) in [6.45, 7) is 5.39. The molecular formula is C17H20N2O2. The molecule has 110 valence electrons. The van der Waals surface area contributed by atoms with Gasteiger partial charge in [0.2, 0.25) is 5.91 Å². The Balaban J connectivity index is 1.65. The van der Waals surface area contributed by atoms with Crippen molar-refractivity contribution in [3.8, 4) is 0 Å². The molecule has 1 atom stereocenters. The van der Waals surface area contributed by atoms with Crippen molar-refractivity contribution < 1.29 is 9.32 Å². The molecule has 2 heterocycles. The van der Waals surface area contributed by atoms with E-state index in [0.29, 0.717) is 12.3 Å². The Kier molecular flexibility index (Phi) is 3.78. The number of amides is 1. The molecule has 1 fully saturated rings. The van der Waals surface area contributed by atoms with Crippen molar-refractivity contribution in [2.75, 3.05) is 13.1 Å². The summed E-state index contributed by atoms with van der Waals surface area (Å²) < 4.78 is 5.13. The van der Waals surface area contributed by atoms with E-state index in [1.807, 2.05) is 24.8 Å². The van der Waals surface area contributed by atoms with Gasteiger partial charge in [0, 0.05) is 24.6 Å². The van der Waals surface area contributed by atoms with Gasteiger partial charge in [0.15, 0.2) is 0 Å². The fraction of sp³-hybridized carbons (Fsp3) is 0.412. The minimum atomic E-state index is 0.169. The van der Waals surface area contributed by atoms with E-state index in [4.69, 9.17) is 4.52 Å². The van der Waals surface area contributed by atoms with Crippen LogP contribution in [0.3, 0.4) is 0 Å². The van der Waals surface area contributed by atoms with E-state index < -0.39 is 0 Å². The summed E-state index contributed by atoms with van der Waals surface area (Å²) >= 11 is 0. The average Bonchev–Trinajstić information content (AvgIpc) is 3.11. The van der Waals surface area contributed by atoms with Crippen LogP contribution in [0.4, 0.5) is 0 Å². The maximum absolute atomic E-state index is 12.5. The SMILES string of the molecule is Cc1noc(C)c1CC(=O)N1CCC(c2ccccc2)C1. The van der Waals surface area contributed by atoms with Crippen LogP contribution >= 0.6 is 0 Å². The Morgan fingerprint density at radius 3 is 2.76 bits per heavy atom. The summed E-state index contributed by atoms with van der Waals surface area (Å²) in [5, 5.41) is 3.91. The number of aryl methyl sites for hydroxylation is 2. The van der Waals surface area contributed by atoms with E-state index in [0.717, 1.165) is 36.5 Å². The summed E-state index contributed by atoms with van der Waals surface area (Å²) in [6, 6.07) is 10.4. The monoisotopic (exact) mass is 284 g/mol. The molecule has 3 rings (SSSR count).